The number of furan rings is 2. The Morgan fingerprint density at radius 3 is 1.27 bits per heavy atom. The molecule has 0 aliphatic carbocycles. The maximum absolute atomic E-state index is 12.4. The lowest BCUT2D eigenvalue weighted by molar-refractivity contribution is 0.619. The molecule has 15 rings (SSSR count). The van der Waals surface area contributed by atoms with Crippen LogP contribution in [0.4, 0.5) is 0 Å². The van der Waals surface area contributed by atoms with Crippen LogP contribution in [0.2, 0.25) is 0 Å². The molecule has 0 aliphatic heterocycles. The predicted octanol–water partition coefficient (Wildman–Crippen LogP) is 17.9. The van der Waals surface area contributed by atoms with E-state index in [1.807, 2.05) is 60.7 Å². The average molecular weight is 939 g/mol. The SMILES string of the molecule is Cc1ccc2c(c1)c1cc(C)ccc1n2-c1c(C#N)c(-c2ccc3c(c2)oc2ccccc23)c(-c2nc3ccccc3o2)c(-n2c3ccc(C)cc3c3cc(C)ccc32)c1-c1ccc2c(c1)oc1ccccc12. The van der Waals surface area contributed by atoms with E-state index < -0.39 is 0 Å². The third kappa shape index (κ3) is 5.95. The standard InChI is InChI=1S/C66H42N4O3/c1-36-17-25-52-46(29-36)47-30-37(2)18-26-53(47)69(52)64-50(35-67)61(40-21-23-44-42-11-5-8-14-56(42)71-59(44)33-40)63(66-68-51-13-7-10-16-58(51)73-66)65(62(64)41-22-24-45-43-12-6-9-15-57(43)72-60(45)34-41)70-54-27-19-38(3)31-48(54)49-32-39(4)20-28-55(49)70/h5-34H,1-4H3. The zero-order valence-corrected chi connectivity index (χ0v) is 40.3. The van der Waals surface area contributed by atoms with Crippen LogP contribution in [0.5, 0.6) is 0 Å². The Morgan fingerprint density at radius 2 is 0.795 bits per heavy atom. The molecular weight excluding hydrogens is 897 g/mol. The van der Waals surface area contributed by atoms with Crippen LogP contribution in [0.3, 0.4) is 0 Å². The van der Waals surface area contributed by atoms with Gasteiger partial charge in [-0.3, -0.25) is 0 Å². The molecule has 0 unspecified atom stereocenters. The van der Waals surface area contributed by atoms with E-state index in [0.717, 1.165) is 132 Å². The largest absolute Gasteiger partial charge is 0.456 e. The maximum Gasteiger partial charge on any atom is 0.230 e. The second kappa shape index (κ2) is 15.2. The van der Waals surface area contributed by atoms with E-state index in [1.165, 1.54) is 0 Å². The van der Waals surface area contributed by atoms with E-state index in [-0.39, 0.29) is 0 Å². The molecule has 0 amide bonds. The zero-order valence-electron chi connectivity index (χ0n) is 40.3. The fourth-order valence-corrected chi connectivity index (χ4v) is 11.8. The molecule has 0 N–H and O–H groups in total. The summed E-state index contributed by atoms with van der Waals surface area (Å²) in [5.74, 6) is 0.382. The molecule has 0 spiro atoms. The highest BCUT2D eigenvalue weighted by molar-refractivity contribution is 6.17. The van der Waals surface area contributed by atoms with Gasteiger partial charge >= 0.3 is 0 Å². The van der Waals surface area contributed by atoms with Gasteiger partial charge in [-0.1, -0.05) is 107 Å². The van der Waals surface area contributed by atoms with Gasteiger partial charge < -0.3 is 22.4 Å². The first-order valence-corrected chi connectivity index (χ1v) is 24.6. The second-order valence-corrected chi connectivity index (χ2v) is 19.7. The maximum atomic E-state index is 12.4. The molecule has 0 atom stereocenters. The van der Waals surface area contributed by atoms with E-state index in [2.05, 4.69) is 164 Å². The fourth-order valence-electron chi connectivity index (χ4n) is 11.8. The number of fused-ring (bicyclic) bond motifs is 13. The second-order valence-electron chi connectivity index (χ2n) is 19.7. The van der Waals surface area contributed by atoms with Crippen LogP contribution >= 0.6 is 0 Å². The van der Waals surface area contributed by atoms with Crippen molar-refractivity contribution in [2.24, 2.45) is 0 Å². The van der Waals surface area contributed by atoms with Gasteiger partial charge in [-0.15, -0.1) is 0 Å². The van der Waals surface area contributed by atoms with Gasteiger partial charge in [-0.25, -0.2) is 4.98 Å². The fraction of sp³-hybridized carbons (Fsp3) is 0.0606. The molecular formula is C66H42N4O3. The molecule has 15 aromatic rings. The van der Waals surface area contributed by atoms with Gasteiger partial charge in [-0.2, -0.15) is 5.26 Å². The number of oxazole rings is 1. The molecule has 7 heteroatoms. The Morgan fingerprint density at radius 1 is 0.370 bits per heavy atom. The van der Waals surface area contributed by atoms with Crippen molar-refractivity contribution >= 4 is 98.6 Å². The molecule has 0 radical (unpaired) electrons. The van der Waals surface area contributed by atoms with E-state index in [9.17, 15) is 5.26 Å². The molecule has 0 saturated heterocycles. The van der Waals surface area contributed by atoms with E-state index in [0.29, 0.717) is 39.3 Å². The van der Waals surface area contributed by atoms with Crippen molar-refractivity contribution in [1.29, 1.82) is 5.26 Å². The van der Waals surface area contributed by atoms with Crippen LogP contribution in [-0.4, -0.2) is 14.1 Å². The molecule has 344 valence electrons. The van der Waals surface area contributed by atoms with Gasteiger partial charge in [-0.05, 0) is 136 Å². The molecule has 0 fully saturated rings. The van der Waals surface area contributed by atoms with Crippen LogP contribution in [0.15, 0.2) is 195 Å². The molecule has 7 nitrogen and oxygen atoms in total. The highest BCUT2D eigenvalue weighted by Gasteiger charge is 2.34. The summed E-state index contributed by atoms with van der Waals surface area (Å²) in [5, 5.41) is 20.9. The first-order valence-electron chi connectivity index (χ1n) is 24.6. The Kier molecular flexibility index (Phi) is 8.56. The summed E-state index contributed by atoms with van der Waals surface area (Å²) in [6.45, 7) is 8.57. The van der Waals surface area contributed by atoms with Crippen LogP contribution in [-0.2, 0) is 0 Å². The van der Waals surface area contributed by atoms with Crippen LogP contribution < -0.4 is 0 Å². The molecule has 0 aliphatic rings. The molecule has 5 heterocycles. The van der Waals surface area contributed by atoms with E-state index >= 15 is 0 Å². The smallest absolute Gasteiger partial charge is 0.230 e. The number of hydrogen-bond acceptors (Lipinski definition) is 5. The van der Waals surface area contributed by atoms with E-state index in [1.54, 1.807) is 0 Å². The highest BCUT2D eigenvalue weighted by Crippen LogP contribution is 2.53. The Balaban J connectivity index is 1.24. The number of para-hydroxylation sites is 4. The number of nitriles is 1. The normalized spacial score (nSPS) is 12.1. The van der Waals surface area contributed by atoms with Gasteiger partial charge in [0.25, 0.3) is 0 Å². The van der Waals surface area contributed by atoms with Crippen molar-refractivity contribution in [2.45, 2.75) is 27.7 Å². The van der Waals surface area contributed by atoms with Crippen molar-refractivity contribution in [1.82, 2.24) is 14.1 Å². The Bertz CT molecular complexity index is 4780. The molecule has 73 heavy (non-hydrogen) atoms. The molecule has 10 aromatic carbocycles. The number of nitrogens with zero attached hydrogens (tertiary/aromatic N) is 4. The van der Waals surface area contributed by atoms with Crippen molar-refractivity contribution in [3.05, 3.63) is 210 Å². The minimum absolute atomic E-state index is 0.382. The van der Waals surface area contributed by atoms with Crippen molar-refractivity contribution in [3.63, 3.8) is 0 Å². The highest BCUT2D eigenvalue weighted by atomic mass is 16.3. The van der Waals surface area contributed by atoms with Gasteiger partial charge in [0.15, 0.2) is 5.58 Å². The summed E-state index contributed by atoms with van der Waals surface area (Å²) >= 11 is 0. The van der Waals surface area contributed by atoms with Gasteiger partial charge in [0, 0.05) is 54.2 Å². The monoisotopic (exact) mass is 938 g/mol. The van der Waals surface area contributed by atoms with Crippen LogP contribution in [0.25, 0.3) is 144 Å². The minimum atomic E-state index is 0.382. The summed E-state index contributed by atoms with van der Waals surface area (Å²) < 4.78 is 25.2. The molecule has 5 aromatic heterocycles. The summed E-state index contributed by atoms with van der Waals surface area (Å²) in [6.07, 6.45) is 0. The Hall–Kier alpha value is -9.64. The summed E-state index contributed by atoms with van der Waals surface area (Å²) in [5.41, 5.74) is 18.7. The molecule has 0 bridgehead atoms. The lowest BCUT2D eigenvalue weighted by atomic mass is 9.85. The van der Waals surface area contributed by atoms with E-state index in [4.69, 9.17) is 18.2 Å². The number of rotatable bonds is 5. The summed E-state index contributed by atoms with van der Waals surface area (Å²) in [4.78, 5) is 5.39. The molecule has 0 saturated carbocycles. The number of benzene rings is 10. The van der Waals surface area contributed by atoms with Gasteiger partial charge in [0.1, 0.15) is 33.9 Å². The zero-order chi connectivity index (χ0) is 48.8. The van der Waals surface area contributed by atoms with Crippen molar-refractivity contribution < 1.29 is 13.3 Å². The summed E-state index contributed by atoms with van der Waals surface area (Å²) in [7, 11) is 0. The van der Waals surface area contributed by atoms with Crippen molar-refractivity contribution in [3.8, 4) is 51.2 Å². The predicted molar refractivity (Wildman–Crippen MR) is 297 cm³/mol. The lowest BCUT2D eigenvalue weighted by Crippen LogP contribution is -2.11. The Labute approximate surface area is 418 Å². The third-order valence-corrected chi connectivity index (χ3v) is 15.0. The minimum Gasteiger partial charge on any atom is -0.456 e. The van der Waals surface area contributed by atoms with Crippen LogP contribution in [0, 0.1) is 39.0 Å². The quantitative estimate of drug-likeness (QED) is 0.172. The number of aryl methyl sites for hydroxylation is 4. The van der Waals surface area contributed by atoms with Crippen molar-refractivity contribution in [2.75, 3.05) is 0 Å². The lowest BCUT2D eigenvalue weighted by Gasteiger charge is -2.26. The number of aromatic nitrogens is 3. The van der Waals surface area contributed by atoms with Crippen LogP contribution in [0.1, 0.15) is 27.8 Å². The average Bonchev–Trinajstić information content (AvgIpc) is 4.23. The first-order chi connectivity index (χ1) is 35.8. The third-order valence-electron chi connectivity index (χ3n) is 15.0. The first kappa shape index (κ1) is 41.2. The topological polar surface area (TPSA) is 86.0 Å². The van der Waals surface area contributed by atoms with Gasteiger partial charge in [0.2, 0.25) is 5.89 Å². The summed E-state index contributed by atoms with van der Waals surface area (Å²) in [6, 6.07) is 66.6. The number of hydrogen-bond donors (Lipinski definition) is 0. The van der Waals surface area contributed by atoms with Gasteiger partial charge in [0.05, 0.1) is 44.6 Å².